The summed E-state index contributed by atoms with van der Waals surface area (Å²) in [7, 11) is 1.28. The monoisotopic (exact) mass is 341 g/mol. The number of hydrogen-bond donors (Lipinski definition) is 1. The van der Waals surface area contributed by atoms with Crippen molar-refractivity contribution >= 4 is 18.0 Å². The molecule has 0 aromatic heterocycles. The van der Waals surface area contributed by atoms with Gasteiger partial charge in [0.25, 0.3) is 0 Å². The molecule has 0 atom stereocenters. The molecule has 0 saturated heterocycles. The molecule has 122 valence electrons. The van der Waals surface area contributed by atoms with Crippen LogP contribution in [-0.4, -0.2) is 19.8 Å². The molecule has 0 unspecified atom stereocenters. The lowest BCUT2D eigenvalue weighted by molar-refractivity contribution is -0.0498. The normalized spacial score (nSPS) is 10.3. The molecular weight excluding hydrogens is 328 g/mol. The van der Waals surface area contributed by atoms with Crippen LogP contribution in [0.15, 0.2) is 53.4 Å². The summed E-state index contributed by atoms with van der Waals surface area (Å²) >= 11 is 1.11. The number of methoxy groups -OCH3 is 1. The van der Waals surface area contributed by atoms with Crippen LogP contribution in [-0.2, 0) is 4.74 Å². The lowest BCUT2D eigenvalue weighted by Crippen LogP contribution is -2.14. The van der Waals surface area contributed by atoms with E-state index in [0.717, 1.165) is 16.8 Å². The minimum atomic E-state index is -2.86. The van der Waals surface area contributed by atoms with Gasteiger partial charge in [0.1, 0.15) is 17.2 Å². The number of rotatable bonds is 6. The largest absolute Gasteiger partial charge is 0.457 e. The average Bonchev–Trinajstić information content (AvgIpc) is 2.55. The van der Waals surface area contributed by atoms with Crippen molar-refractivity contribution in [3.8, 4) is 17.2 Å². The standard InChI is InChI=1S/C15H13F2NO4S/c1-20-15(19)18-23-13-8-6-11(7-9-13)21-10-2-4-12(5-3-10)22-14(16)17/h2-9,14H,1H3,(H,18,19). The van der Waals surface area contributed by atoms with Crippen LogP contribution in [0, 0.1) is 0 Å². The Kier molecular flexibility index (Phi) is 6.04. The number of amides is 1. The third-order valence-electron chi connectivity index (χ3n) is 2.55. The van der Waals surface area contributed by atoms with Crippen molar-refractivity contribution in [2.45, 2.75) is 11.5 Å². The maximum Gasteiger partial charge on any atom is 0.417 e. The molecule has 23 heavy (non-hydrogen) atoms. The van der Waals surface area contributed by atoms with E-state index in [1.165, 1.54) is 31.4 Å². The lowest BCUT2D eigenvalue weighted by Gasteiger charge is -2.08. The molecule has 8 heteroatoms. The van der Waals surface area contributed by atoms with Gasteiger partial charge in [-0.3, -0.25) is 4.72 Å². The fourth-order valence-electron chi connectivity index (χ4n) is 1.54. The Morgan fingerprint density at radius 3 is 2.04 bits per heavy atom. The van der Waals surface area contributed by atoms with Gasteiger partial charge in [0.15, 0.2) is 0 Å². The minimum absolute atomic E-state index is 0.0629. The van der Waals surface area contributed by atoms with Crippen LogP contribution in [0.25, 0.3) is 0 Å². The molecule has 2 aromatic rings. The molecule has 1 amide bonds. The van der Waals surface area contributed by atoms with E-state index in [0.29, 0.717) is 11.5 Å². The highest BCUT2D eigenvalue weighted by Crippen LogP contribution is 2.26. The third-order valence-corrected chi connectivity index (χ3v) is 3.32. The third kappa shape index (κ3) is 5.67. The second kappa shape index (κ2) is 8.23. The number of ether oxygens (including phenoxy) is 3. The fourth-order valence-corrected chi connectivity index (χ4v) is 2.10. The van der Waals surface area contributed by atoms with Gasteiger partial charge in [-0.2, -0.15) is 8.78 Å². The average molecular weight is 341 g/mol. The quantitative estimate of drug-likeness (QED) is 0.787. The molecular formula is C15H13F2NO4S. The van der Waals surface area contributed by atoms with Crippen molar-refractivity contribution in [2.75, 3.05) is 7.11 Å². The molecule has 0 radical (unpaired) electrons. The molecule has 0 aliphatic rings. The van der Waals surface area contributed by atoms with Gasteiger partial charge in [0.2, 0.25) is 0 Å². The number of benzene rings is 2. The Hall–Kier alpha value is -2.48. The molecule has 2 rings (SSSR count). The van der Waals surface area contributed by atoms with Crippen molar-refractivity contribution in [1.29, 1.82) is 0 Å². The first-order chi connectivity index (χ1) is 11.1. The topological polar surface area (TPSA) is 56.8 Å². The van der Waals surface area contributed by atoms with Crippen LogP contribution in [0.5, 0.6) is 17.2 Å². The predicted molar refractivity (Wildman–Crippen MR) is 81.0 cm³/mol. The molecule has 5 nitrogen and oxygen atoms in total. The van der Waals surface area contributed by atoms with Gasteiger partial charge in [-0.15, -0.1) is 0 Å². The summed E-state index contributed by atoms with van der Waals surface area (Å²) in [6.07, 6.45) is -0.540. The van der Waals surface area contributed by atoms with E-state index in [1.807, 2.05) is 0 Å². The highest BCUT2D eigenvalue weighted by atomic mass is 32.2. The molecule has 0 spiro atoms. The molecule has 0 fully saturated rings. The number of carbonyl (C=O) groups excluding carboxylic acids is 1. The van der Waals surface area contributed by atoms with Crippen LogP contribution in [0.2, 0.25) is 0 Å². The summed E-state index contributed by atoms with van der Waals surface area (Å²) in [5.74, 6) is 1.11. The van der Waals surface area contributed by atoms with Crippen LogP contribution in [0.3, 0.4) is 0 Å². The number of hydrogen-bond acceptors (Lipinski definition) is 5. The van der Waals surface area contributed by atoms with Crippen LogP contribution in [0.1, 0.15) is 0 Å². The van der Waals surface area contributed by atoms with E-state index in [9.17, 15) is 13.6 Å². The van der Waals surface area contributed by atoms with Gasteiger partial charge in [-0.25, -0.2) is 4.79 Å². The minimum Gasteiger partial charge on any atom is -0.457 e. The highest BCUT2D eigenvalue weighted by molar-refractivity contribution is 7.98. The zero-order chi connectivity index (χ0) is 16.7. The van der Waals surface area contributed by atoms with E-state index in [-0.39, 0.29) is 5.75 Å². The molecule has 0 heterocycles. The van der Waals surface area contributed by atoms with Gasteiger partial charge in [0.05, 0.1) is 7.11 Å². The van der Waals surface area contributed by atoms with E-state index in [2.05, 4.69) is 14.2 Å². The number of alkyl halides is 2. The Morgan fingerprint density at radius 2 is 1.52 bits per heavy atom. The Morgan fingerprint density at radius 1 is 1.00 bits per heavy atom. The summed E-state index contributed by atoms with van der Waals surface area (Å²) in [6.45, 7) is -2.86. The SMILES string of the molecule is COC(=O)NSc1ccc(Oc2ccc(OC(F)F)cc2)cc1. The summed E-state index contributed by atoms with van der Waals surface area (Å²) in [6, 6.07) is 12.8. The lowest BCUT2D eigenvalue weighted by atomic mass is 10.3. The fraction of sp³-hybridized carbons (Fsp3) is 0.133. The highest BCUT2D eigenvalue weighted by Gasteiger charge is 2.05. The molecule has 0 aliphatic carbocycles. The molecule has 1 N–H and O–H groups in total. The molecule has 0 saturated carbocycles. The van der Waals surface area contributed by atoms with Crippen LogP contribution >= 0.6 is 11.9 Å². The number of halogens is 2. The Labute approximate surface area is 135 Å². The van der Waals surface area contributed by atoms with Crippen molar-refractivity contribution in [3.05, 3.63) is 48.5 Å². The first-order valence-electron chi connectivity index (χ1n) is 6.40. The van der Waals surface area contributed by atoms with Gasteiger partial charge in [-0.05, 0) is 60.5 Å². The summed E-state index contributed by atoms with van der Waals surface area (Å²) < 4.78 is 40.9. The first kappa shape index (κ1) is 16.9. The smallest absolute Gasteiger partial charge is 0.417 e. The second-order valence-electron chi connectivity index (χ2n) is 4.12. The van der Waals surface area contributed by atoms with Gasteiger partial charge in [-0.1, -0.05) is 0 Å². The van der Waals surface area contributed by atoms with Crippen molar-refractivity contribution < 1.29 is 27.8 Å². The Bertz CT molecular complexity index is 635. The maximum absolute atomic E-state index is 12.1. The van der Waals surface area contributed by atoms with E-state index in [1.54, 1.807) is 24.3 Å². The summed E-state index contributed by atoms with van der Waals surface area (Å²) in [5, 5.41) is 0. The first-order valence-corrected chi connectivity index (χ1v) is 7.22. The second-order valence-corrected chi connectivity index (χ2v) is 5.00. The zero-order valence-electron chi connectivity index (χ0n) is 12.0. The number of nitrogens with one attached hydrogen (secondary N) is 1. The van der Waals surface area contributed by atoms with E-state index >= 15 is 0 Å². The van der Waals surface area contributed by atoms with E-state index < -0.39 is 12.7 Å². The molecule has 2 aromatic carbocycles. The van der Waals surface area contributed by atoms with Crippen LogP contribution < -0.4 is 14.2 Å². The zero-order valence-corrected chi connectivity index (χ0v) is 12.8. The van der Waals surface area contributed by atoms with Crippen molar-refractivity contribution in [1.82, 2.24) is 4.72 Å². The maximum atomic E-state index is 12.1. The molecule has 0 bridgehead atoms. The van der Waals surface area contributed by atoms with Crippen molar-refractivity contribution in [3.63, 3.8) is 0 Å². The number of carbonyl (C=O) groups is 1. The Balaban J connectivity index is 1.91. The van der Waals surface area contributed by atoms with Crippen molar-refractivity contribution in [2.24, 2.45) is 0 Å². The molecule has 0 aliphatic heterocycles. The van der Waals surface area contributed by atoms with Gasteiger partial charge < -0.3 is 14.2 Å². The summed E-state index contributed by atoms with van der Waals surface area (Å²) in [4.78, 5) is 11.7. The summed E-state index contributed by atoms with van der Waals surface area (Å²) in [5.41, 5.74) is 0. The van der Waals surface area contributed by atoms with Gasteiger partial charge in [0, 0.05) is 4.90 Å². The predicted octanol–water partition coefficient (Wildman–Crippen LogP) is 4.44. The van der Waals surface area contributed by atoms with E-state index in [4.69, 9.17) is 4.74 Å². The van der Waals surface area contributed by atoms with Gasteiger partial charge >= 0.3 is 12.7 Å². The van der Waals surface area contributed by atoms with Crippen LogP contribution in [0.4, 0.5) is 13.6 Å².